The molecule has 0 saturated carbocycles. The van der Waals surface area contributed by atoms with Crippen molar-refractivity contribution in [2.24, 2.45) is 17.8 Å². The molecule has 1 unspecified atom stereocenters. The topological polar surface area (TPSA) is 3.24 Å². The van der Waals surface area contributed by atoms with Gasteiger partial charge < -0.3 is 4.90 Å². The van der Waals surface area contributed by atoms with Crippen molar-refractivity contribution in [1.82, 2.24) is 4.90 Å². The summed E-state index contributed by atoms with van der Waals surface area (Å²) in [5.41, 5.74) is 0. The minimum atomic E-state index is 0.876. The zero-order valence-corrected chi connectivity index (χ0v) is 12.5. The number of nitrogens with zero attached hydrogens (tertiary/aromatic N) is 1. The van der Waals surface area contributed by atoms with Crippen LogP contribution in [0, 0.1) is 17.8 Å². The molecule has 0 aromatic carbocycles. The second-order valence-electron chi connectivity index (χ2n) is 6.83. The summed E-state index contributed by atoms with van der Waals surface area (Å²) < 4.78 is 0. The number of unbranched alkanes of at least 4 members (excludes halogenated alkanes) is 1. The molecule has 1 aliphatic rings. The Hall–Kier alpha value is -0.0400. The van der Waals surface area contributed by atoms with Gasteiger partial charge in [-0.15, -0.1) is 0 Å². The monoisotopic (exact) mass is 239 g/mol. The van der Waals surface area contributed by atoms with Crippen molar-refractivity contribution in [1.29, 1.82) is 0 Å². The molecule has 1 fully saturated rings. The summed E-state index contributed by atoms with van der Waals surface area (Å²) in [6.07, 6.45) is 8.57. The quantitative estimate of drug-likeness (QED) is 0.588. The fourth-order valence-corrected chi connectivity index (χ4v) is 3.10. The summed E-state index contributed by atoms with van der Waals surface area (Å²) in [6, 6.07) is 0. The van der Waals surface area contributed by atoms with Gasteiger partial charge in [0.1, 0.15) is 0 Å². The SMILES string of the molecule is CC(C)CCCCN1CCCC(CC(C)C)C1. The van der Waals surface area contributed by atoms with Gasteiger partial charge in [0.05, 0.1) is 0 Å². The molecule has 1 aliphatic heterocycles. The Kier molecular flexibility index (Phi) is 7.18. The van der Waals surface area contributed by atoms with E-state index in [4.69, 9.17) is 0 Å². The van der Waals surface area contributed by atoms with E-state index in [1.54, 1.807) is 0 Å². The van der Waals surface area contributed by atoms with Crippen molar-refractivity contribution in [2.75, 3.05) is 19.6 Å². The Bertz CT molecular complexity index is 186. The van der Waals surface area contributed by atoms with Gasteiger partial charge >= 0.3 is 0 Å². The first kappa shape index (κ1) is 15.0. The van der Waals surface area contributed by atoms with Crippen LogP contribution in [-0.2, 0) is 0 Å². The summed E-state index contributed by atoms with van der Waals surface area (Å²) in [5, 5.41) is 0. The van der Waals surface area contributed by atoms with E-state index in [1.165, 1.54) is 58.2 Å². The molecule has 0 aromatic heterocycles. The lowest BCUT2D eigenvalue weighted by Crippen LogP contribution is -2.36. The molecule has 0 aromatic rings. The van der Waals surface area contributed by atoms with E-state index >= 15 is 0 Å². The molecule has 1 heterocycles. The average Bonchev–Trinajstić information content (AvgIpc) is 2.24. The van der Waals surface area contributed by atoms with E-state index in [2.05, 4.69) is 32.6 Å². The van der Waals surface area contributed by atoms with Crippen molar-refractivity contribution in [2.45, 2.75) is 66.2 Å². The van der Waals surface area contributed by atoms with E-state index in [0.717, 1.165) is 17.8 Å². The van der Waals surface area contributed by atoms with Gasteiger partial charge in [-0.3, -0.25) is 0 Å². The molecule has 1 heteroatoms. The third-order valence-corrected chi connectivity index (χ3v) is 3.91. The Morgan fingerprint density at radius 3 is 2.47 bits per heavy atom. The van der Waals surface area contributed by atoms with Crippen molar-refractivity contribution in [3.8, 4) is 0 Å². The predicted octanol–water partition coefficient (Wildman–Crippen LogP) is 4.57. The molecule has 0 amide bonds. The van der Waals surface area contributed by atoms with Gasteiger partial charge in [0.2, 0.25) is 0 Å². The van der Waals surface area contributed by atoms with Crippen molar-refractivity contribution < 1.29 is 0 Å². The maximum absolute atomic E-state index is 2.72. The molecular formula is C16H33N. The summed E-state index contributed by atoms with van der Waals surface area (Å²) in [5.74, 6) is 2.74. The first-order valence-corrected chi connectivity index (χ1v) is 7.80. The highest BCUT2D eigenvalue weighted by atomic mass is 15.1. The number of rotatable bonds is 7. The van der Waals surface area contributed by atoms with E-state index < -0.39 is 0 Å². The van der Waals surface area contributed by atoms with Crippen molar-refractivity contribution >= 4 is 0 Å². The lowest BCUT2D eigenvalue weighted by Gasteiger charge is -2.33. The van der Waals surface area contributed by atoms with Gasteiger partial charge in [-0.2, -0.15) is 0 Å². The predicted molar refractivity (Wildman–Crippen MR) is 77.3 cm³/mol. The van der Waals surface area contributed by atoms with Crippen LogP contribution in [0.15, 0.2) is 0 Å². The second kappa shape index (κ2) is 8.13. The largest absolute Gasteiger partial charge is 0.303 e. The third kappa shape index (κ3) is 7.08. The van der Waals surface area contributed by atoms with Crippen LogP contribution in [0.5, 0.6) is 0 Å². The van der Waals surface area contributed by atoms with Gasteiger partial charge in [-0.25, -0.2) is 0 Å². The van der Waals surface area contributed by atoms with Crippen LogP contribution < -0.4 is 0 Å². The summed E-state index contributed by atoms with van der Waals surface area (Å²) in [6.45, 7) is 13.5. The highest BCUT2D eigenvalue weighted by molar-refractivity contribution is 4.73. The molecule has 1 rings (SSSR count). The standard InChI is InChI=1S/C16H33N/c1-14(2)8-5-6-10-17-11-7-9-16(13-17)12-15(3)4/h14-16H,5-13H2,1-4H3. The maximum Gasteiger partial charge on any atom is 0.000976 e. The molecule has 1 atom stereocenters. The fourth-order valence-electron chi connectivity index (χ4n) is 3.10. The van der Waals surface area contributed by atoms with E-state index in [0.29, 0.717) is 0 Å². The smallest absolute Gasteiger partial charge is 0.000976 e. The Morgan fingerprint density at radius 1 is 1.06 bits per heavy atom. The molecule has 102 valence electrons. The number of hydrogen-bond acceptors (Lipinski definition) is 1. The highest BCUT2D eigenvalue weighted by Crippen LogP contribution is 2.23. The number of hydrogen-bond donors (Lipinski definition) is 0. The Balaban J connectivity index is 2.12. The molecule has 1 nitrogen and oxygen atoms in total. The molecule has 0 radical (unpaired) electrons. The van der Waals surface area contributed by atoms with Crippen molar-refractivity contribution in [3.63, 3.8) is 0 Å². The first-order chi connectivity index (χ1) is 8.08. The lowest BCUT2D eigenvalue weighted by atomic mass is 9.89. The van der Waals surface area contributed by atoms with Crippen LogP contribution in [0.25, 0.3) is 0 Å². The molecule has 17 heavy (non-hydrogen) atoms. The first-order valence-electron chi connectivity index (χ1n) is 7.80. The summed E-state index contributed by atoms with van der Waals surface area (Å²) >= 11 is 0. The number of piperidine rings is 1. The van der Waals surface area contributed by atoms with Gasteiger partial charge in [-0.1, -0.05) is 40.5 Å². The van der Waals surface area contributed by atoms with Gasteiger partial charge in [-0.05, 0) is 56.5 Å². The van der Waals surface area contributed by atoms with Crippen LogP contribution >= 0.6 is 0 Å². The zero-order valence-electron chi connectivity index (χ0n) is 12.5. The highest BCUT2D eigenvalue weighted by Gasteiger charge is 2.19. The molecule has 0 aliphatic carbocycles. The van der Waals surface area contributed by atoms with Crippen LogP contribution in [0.1, 0.15) is 66.2 Å². The minimum absolute atomic E-state index is 0.876. The van der Waals surface area contributed by atoms with Crippen molar-refractivity contribution in [3.05, 3.63) is 0 Å². The van der Waals surface area contributed by atoms with E-state index in [9.17, 15) is 0 Å². The van der Waals surface area contributed by atoms with Crippen LogP contribution in [0.3, 0.4) is 0 Å². The zero-order chi connectivity index (χ0) is 12.7. The molecule has 1 saturated heterocycles. The second-order valence-corrected chi connectivity index (χ2v) is 6.83. The third-order valence-electron chi connectivity index (χ3n) is 3.91. The van der Waals surface area contributed by atoms with Crippen LogP contribution in [-0.4, -0.2) is 24.5 Å². The van der Waals surface area contributed by atoms with E-state index in [1.807, 2.05) is 0 Å². The normalized spacial score (nSPS) is 22.6. The maximum atomic E-state index is 2.72. The number of likely N-dealkylation sites (tertiary alicyclic amines) is 1. The van der Waals surface area contributed by atoms with Gasteiger partial charge in [0.25, 0.3) is 0 Å². The summed E-state index contributed by atoms with van der Waals surface area (Å²) in [4.78, 5) is 2.72. The molecule has 0 spiro atoms. The van der Waals surface area contributed by atoms with E-state index in [-0.39, 0.29) is 0 Å². The molecule has 0 N–H and O–H groups in total. The van der Waals surface area contributed by atoms with Crippen LogP contribution in [0.2, 0.25) is 0 Å². The Labute approximate surface area is 109 Å². The minimum Gasteiger partial charge on any atom is -0.303 e. The lowest BCUT2D eigenvalue weighted by molar-refractivity contribution is 0.156. The van der Waals surface area contributed by atoms with Crippen LogP contribution in [0.4, 0.5) is 0 Å². The average molecular weight is 239 g/mol. The fraction of sp³-hybridized carbons (Fsp3) is 1.00. The summed E-state index contributed by atoms with van der Waals surface area (Å²) in [7, 11) is 0. The molecular weight excluding hydrogens is 206 g/mol. The molecule has 0 bridgehead atoms. The van der Waals surface area contributed by atoms with Gasteiger partial charge in [0, 0.05) is 6.54 Å². The Morgan fingerprint density at radius 2 is 1.82 bits per heavy atom. The van der Waals surface area contributed by atoms with Gasteiger partial charge in [0.15, 0.2) is 0 Å².